The van der Waals surface area contributed by atoms with Crippen LogP contribution in [0.5, 0.6) is 0 Å². The van der Waals surface area contributed by atoms with Crippen molar-refractivity contribution in [1.29, 1.82) is 0 Å². The molecular formula is C14H19ClN2O. The van der Waals surface area contributed by atoms with Gasteiger partial charge in [-0.25, -0.2) is 4.98 Å². The van der Waals surface area contributed by atoms with E-state index in [2.05, 4.69) is 4.98 Å². The quantitative estimate of drug-likeness (QED) is 0.606. The second kappa shape index (κ2) is 6.19. The van der Waals surface area contributed by atoms with Crippen molar-refractivity contribution < 1.29 is 4.79 Å². The van der Waals surface area contributed by atoms with E-state index in [1.807, 2.05) is 11.9 Å². The molecule has 2 rings (SSSR count). The van der Waals surface area contributed by atoms with Gasteiger partial charge in [-0.15, -0.1) is 0 Å². The van der Waals surface area contributed by atoms with Crippen molar-refractivity contribution in [2.24, 2.45) is 0 Å². The predicted octanol–water partition coefficient (Wildman–Crippen LogP) is 3.53. The zero-order valence-corrected chi connectivity index (χ0v) is 11.5. The van der Waals surface area contributed by atoms with Crippen molar-refractivity contribution in [3.63, 3.8) is 0 Å². The molecule has 98 valence electrons. The Morgan fingerprint density at radius 1 is 1.33 bits per heavy atom. The van der Waals surface area contributed by atoms with Crippen LogP contribution in [0.1, 0.15) is 48.9 Å². The molecule has 1 aliphatic rings. The van der Waals surface area contributed by atoms with Gasteiger partial charge in [0.05, 0.1) is 0 Å². The first-order valence-electron chi connectivity index (χ1n) is 6.57. The number of rotatable bonds is 2. The van der Waals surface area contributed by atoms with Gasteiger partial charge in [-0.2, -0.15) is 0 Å². The van der Waals surface area contributed by atoms with Gasteiger partial charge in [-0.1, -0.05) is 37.3 Å². The Morgan fingerprint density at radius 2 is 2.00 bits per heavy atom. The number of carbonyl (C=O) groups is 1. The Kier molecular flexibility index (Phi) is 4.59. The van der Waals surface area contributed by atoms with Crippen LogP contribution in [0.15, 0.2) is 18.3 Å². The SMILES string of the molecule is CN(C(=O)c1ccnc(Cl)c1)C1CCCCCC1. The lowest BCUT2D eigenvalue weighted by Crippen LogP contribution is -2.36. The molecule has 1 fully saturated rings. The first kappa shape index (κ1) is 13.3. The summed E-state index contributed by atoms with van der Waals surface area (Å²) in [5.74, 6) is 0.0474. The molecule has 0 aliphatic heterocycles. The minimum atomic E-state index is 0.0474. The van der Waals surface area contributed by atoms with Crippen LogP contribution >= 0.6 is 11.6 Å². The van der Waals surface area contributed by atoms with Gasteiger partial charge in [0.1, 0.15) is 5.15 Å². The average molecular weight is 267 g/mol. The number of carbonyl (C=O) groups excluding carboxylic acids is 1. The standard InChI is InChI=1S/C14H19ClN2O/c1-17(12-6-4-2-3-5-7-12)14(18)11-8-9-16-13(15)10-11/h8-10,12H,2-7H2,1H3. The van der Waals surface area contributed by atoms with Crippen LogP contribution < -0.4 is 0 Å². The average Bonchev–Trinajstić information content (AvgIpc) is 2.66. The fourth-order valence-electron chi connectivity index (χ4n) is 2.55. The molecule has 1 amide bonds. The number of halogens is 1. The lowest BCUT2D eigenvalue weighted by Gasteiger charge is -2.27. The number of hydrogen-bond donors (Lipinski definition) is 0. The number of amides is 1. The van der Waals surface area contributed by atoms with Crippen LogP contribution in [0.25, 0.3) is 0 Å². The zero-order valence-electron chi connectivity index (χ0n) is 10.7. The molecule has 1 heterocycles. The fourth-order valence-corrected chi connectivity index (χ4v) is 2.72. The summed E-state index contributed by atoms with van der Waals surface area (Å²) in [5.41, 5.74) is 0.627. The molecule has 0 unspecified atom stereocenters. The van der Waals surface area contributed by atoms with Gasteiger partial charge in [0, 0.05) is 24.8 Å². The first-order valence-corrected chi connectivity index (χ1v) is 6.95. The maximum atomic E-state index is 12.3. The lowest BCUT2D eigenvalue weighted by molar-refractivity contribution is 0.0717. The third-order valence-electron chi connectivity index (χ3n) is 3.67. The van der Waals surface area contributed by atoms with E-state index in [1.54, 1.807) is 18.3 Å². The number of aromatic nitrogens is 1. The summed E-state index contributed by atoms with van der Waals surface area (Å²) < 4.78 is 0. The summed E-state index contributed by atoms with van der Waals surface area (Å²) in [5, 5.41) is 0.370. The van der Waals surface area contributed by atoms with Gasteiger partial charge in [0.25, 0.3) is 5.91 Å². The van der Waals surface area contributed by atoms with E-state index in [0.717, 1.165) is 12.8 Å². The summed E-state index contributed by atoms with van der Waals surface area (Å²) in [4.78, 5) is 18.1. The number of hydrogen-bond acceptors (Lipinski definition) is 2. The van der Waals surface area contributed by atoms with Gasteiger partial charge in [-0.3, -0.25) is 4.79 Å². The fraction of sp³-hybridized carbons (Fsp3) is 0.571. The van der Waals surface area contributed by atoms with E-state index < -0.39 is 0 Å². The minimum absolute atomic E-state index is 0.0474. The molecule has 1 saturated carbocycles. The first-order chi connectivity index (χ1) is 8.68. The van der Waals surface area contributed by atoms with Crippen LogP contribution in [0.4, 0.5) is 0 Å². The molecule has 0 atom stereocenters. The van der Waals surface area contributed by atoms with Crippen molar-refractivity contribution in [2.45, 2.75) is 44.6 Å². The molecule has 18 heavy (non-hydrogen) atoms. The molecule has 3 nitrogen and oxygen atoms in total. The highest BCUT2D eigenvalue weighted by Gasteiger charge is 2.22. The van der Waals surface area contributed by atoms with E-state index in [9.17, 15) is 4.79 Å². The third-order valence-corrected chi connectivity index (χ3v) is 3.87. The van der Waals surface area contributed by atoms with E-state index in [-0.39, 0.29) is 5.91 Å². The highest BCUT2D eigenvalue weighted by atomic mass is 35.5. The molecular weight excluding hydrogens is 248 g/mol. The van der Waals surface area contributed by atoms with Gasteiger partial charge in [-0.05, 0) is 25.0 Å². The molecule has 1 aliphatic carbocycles. The summed E-state index contributed by atoms with van der Waals surface area (Å²) in [6.07, 6.45) is 8.83. The van der Waals surface area contributed by atoms with Crippen molar-refractivity contribution in [2.75, 3.05) is 7.05 Å². The summed E-state index contributed by atoms with van der Waals surface area (Å²) in [6.45, 7) is 0. The second-order valence-corrected chi connectivity index (χ2v) is 5.32. The molecule has 1 aromatic rings. The van der Waals surface area contributed by atoms with Crippen molar-refractivity contribution in [3.05, 3.63) is 29.0 Å². The summed E-state index contributed by atoms with van der Waals surface area (Å²) in [6, 6.07) is 3.73. The minimum Gasteiger partial charge on any atom is -0.339 e. The Hall–Kier alpha value is -1.09. The Labute approximate surface area is 113 Å². The molecule has 0 radical (unpaired) electrons. The Balaban J connectivity index is 2.07. The number of nitrogens with zero attached hydrogens (tertiary/aromatic N) is 2. The van der Waals surface area contributed by atoms with Crippen molar-refractivity contribution in [1.82, 2.24) is 9.88 Å². The van der Waals surface area contributed by atoms with Crippen LogP contribution in [-0.4, -0.2) is 28.9 Å². The van der Waals surface area contributed by atoms with E-state index in [1.165, 1.54) is 25.7 Å². The second-order valence-electron chi connectivity index (χ2n) is 4.93. The molecule has 0 bridgehead atoms. The zero-order chi connectivity index (χ0) is 13.0. The Bertz CT molecular complexity index is 414. The molecule has 0 saturated heterocycles. The summed E-state index contributed by atoms with van der Waals surface area (Å²) >= 11 is 5.82. The Morgan fingerprint density at radius 3 is 2.61 bits per heavy atom. The monoisotopic (exact) mass is 266 g/mol. The molecule has 1 aromatic heterocycles. The molecule has 0 N–H and O–H groups in total. The van der Waals surface area contributed by atoms with Crippen molar-refractivity contribution in [3.8, 4) is 0 Å². The third kappa shape index (κ3) is 3.22. The highest BCUT2D eigenvalue weighted by Crippen LogP contribution is 2.22. The van der Waals surface area contributed by atoms with Crippen molar-refractivity contribution >= 4 is 17.5 Å². The van der Waals surface area contributed by atoms with E-state index in [0.29, 0.717) is 16.8 Å². The van der Waals surface area contributed by atoms with Crippen LogP contribution in [0, 0.1) is 0 Å². The smallest absolute Gasteiger partial charge is 0.254 e. The van der Waals surface area contributed by atoms with Gasteiger partial charge in [0.15, 0.2) is 0 Å². The molecule has 0 spiro atoms. The molecule has 4 heteroatoms. The maximum Gasteiger partial charge on any atom is 0.254 e. The largest absolute Gasteiger partial charge is 0.339 e. The van der Waals surface area contributed by atoms with Crippen LogP contribution in [0.3, 0.4) is 0 Å². The number of pyridine rings is 1. The van der Waals surface area contributed by atoms with Gasteiger partial charge in [0.2, 0.25) is 0 Å². The van der Waals surface area contributed by atoms with E-state index >= 15 is 0 Å². The lowest BCUT2D eigenvalue weighted by atomic mass is 10.1. The maximum absolute atomic E-state index is 12.3. The normalized spacial score (nSPS) is 17.2. The predicted molar refractivity (Wildman–Crippen MR) is 72.8 cm³/mol. The van der Waals surface area contributed by atoms with Crippen LogP contribution in [0.2, 0.25) is 5.15 Å². The van der Waals surface area contributed by atoms with E-state index in [4.69, 9.17) is 11.6 Å². The molecule has 0 aromatic carbocycles. The highest BCUT2D eigenvalue weighted by molar-refractivity contribution is 6.29. The topological polar surface area (TPSA) is 33.2 Å². The van der Waals surface area contributed by atoms with Gasteiger partial charge >= 0.3 is 0 Å². The van der Waals surface area contributed by atoms with Crippen LogP contribution in [-0.2, 0) is 0 Å². The van der Waals surface area contributed by atoms with Gasteiger partial charge < -0.3 is 4.90 Å². The summed E-state index contributed by atoms with van der Waals surface area (Å²) in [7, 11) is 1.90.